The summed E-state index contributed by atoms with van der Waals surface area (Å²) >= 11 is 1.03. The highest BCUT2D eigenvalue weighted by atomic mass is 32.2. The summed E-state index contributed by atoms with van der Waals surface area (Å²) < 4.78 is 10.6. The fourth-order valence-corrected chi connectivity index (χ4v) is 3.06. The molecule has 1 aliphatic heterocycles. The molecule has 0 saturated heterocycles. The van der Waals surface area contributed by atoms with Crippen LogP contribution in [0.5, 0.6) is 11.5 Å². The lowest BCUT2D eigenvalue weighted by Crippen LogP contribution is -2.18. The lowest BCUT2D eigenvalue weighted by atomic mass is 9.85. The first-order valence-electron chi connectivity index (χ1n) is 6.26. The Kier molecular flexibility index (Phi) is 4.50. The van der Waals surface area contributed by atoms with Crippen molar-refractivity contribution in [3.05, 3.63) is 45.0 Å². The van der Waals surface area contributed by atoms with Crippen molar-refractivity contribution >= 4 is 11.8 Å². The van der Waals surface area contributed by atoms with Gasteiger partial charge in [0.2, 0.25) is 0 Å². The normalized spacial score (nSPS) is 15.3. The third-order valence-corrected chi connectivity index (χ3v) is 4.20. The van der Waals surface area contributed by atoms with Crippen molar-refractivity contribution in [2.45, 2.75) is 5.92 Å². The molecule has 0 atom stereocenters. The average Bonchev–Trinajstić information content (AvgIpc) is 2.53. The van der Waals surface area contributed by atoms with E-state index in [9.17, 15) is 10.5 Å². The summed E-state index contributed by atoms with van der Waals surface area (Å²) in [6.45, 7) is 0. The van der Waals surface area contributed by atoms with Gasteiger partial charge in [-0.15, -0.1) is 0 Å². The van der Waals surface area contributed by atoms with Gasteiger partial charge in [0.05, 0.1) is 53.5 Å². The van der Waals surface area contributed by atoms with Gasteiger partial charge in [0, 0.05) is 5.56 Å². The Labute approximate surface area is 132 Å². The smallest absolute Gasteiger partial charge is 0.123 e. The largest absolute Gasteiger partial charge is 0.497 e. The number of methoxy groups -OCH3 is 2. The summed E-state index contributed by atoms with van der Waals surface area (Å²) in [7, 11) is 3.05. The third-order valence-electron chi connectivity index (χ3n) is 3.32. The molecule has 4 N–H and O–H groups in total. The van der Waals surface area contributed by atoms with E-state index in [-0.39, 0.29) is 21.2 Å². The molecule has 1 aromatic carbocycles. The van der Waals surface area contributed by atoms with Gasteiger partial charge in [-0.2, -0.15) is 10.5 Å². The summed E-state index contributed by atoms with van der Waals surface area (Å²) in [5.74, 6) is 0.445. The average molecular weight is 314 g/mol. The predicted octanol–water partition coefficient (Wildman–Crippen LogP) is 1.92. The molecule has 0 saturated carbocycles. The molecular weight excluding hydrogens is 300 g/mol. The third kappa shape index (κ3) is 2.54. The molecule has 0 bridgehead atoms. The van der Waals surface area contributed by atoms with Crippen LogP contribution < -0.4 is 20.9 Å². The first kappa shape index (κ1) is 15.6. The van der Waals surface area contributed by atoms with Crippen LogP contribution in [0.15, 0.2) is 39.4 Å². The number of thioether (sulfide) groups is 1. The second kappa shape index (κ2) is 6.33. The van der Waals surface area contributed by atoms with Crippen molar-refractivity contribution in [3.8, 4) is 23.6 Å². The van der Waals surface area contributed by atoms with Gasteiger partial charge in [0.25, 0.3) is 0 Å². The number of benzene rings is 1. The first-order chi connectivity index (χ1) is 10.6. The molecule has 1 aromatic rings. The van der Waals surface area contributed by atoms with Gasteiger partial charge in [-0.1, -0.05) is 11.8 Å². The zero-order chi connectivity index (χ0) is 16.3. The van der Waals surface area contributed by atoms with Crippen LogP contribution in [-0.4, -0.2) is 14.2 Å². The Morgan fingerprint density at radius 1 is 1.05 bits per heavy atom. The van der Waals surface area contributed by atoms with Crippen LogP contribution in [0, 0.1) is 22.7 Å². The molecule has 1 aliphatic rings. The summed E-state index contributed by atoms with van der Waals surface area (Å²) in [4.78, 5) is 0. The van der Waals surface area contributed by atoms with Crippen molar-refractivity contribution in [3.63, 3.8) is 0 Å². The molecule has 0 radical (unpaired) electrons. The highest BCUT2D eigenvalue weighted by Gasteiger charge is 2.33. The Morgan fingerprint density at radius 2 is 1.64 bits per heavy atom. The maximum atomic E-state index is 9.44. The maximum Gasteiger partial charge on any atom is 0.123 e. The second-order valence-electron chi connectivity index (χ2n) is 4.42. The van der Waals surface area contributed by atoms with Crippen molar-refractivity contribution in [1.29, 1.82) is 10.5 Å². The van der Waals surface area contributed by atoms with E-state index in [0.717, 1.165) is 11.8 Å². The van der Waals surface area contributed by atoms with E-state index in [2.05, 4.69) is 12.1 Å². The van der Waals surface area contributed by atoms with E-state index < -0.39 is 5.92 Å². The summed E-state index contributed by atoms with van der Waals surface area (Å²) in [5.41, 5.74) is 13.0. The highest BCUT2D eigenvalue weighted by Crippen LogP contribution is 2.46. The number of nitrogens with two attached hydrogens (primary N) is 2. The molecule has 2 rings (SSSR count). The summed E-state index contributed by atoms with van der Waals surface area (Å²) in [5, 5.41) is 19.4. The van der Waals surface area contributed by atoms with Crippen LogP contribution in [0.25, 0.3) is 0 Å². The SMILES string of the molecule is COc1ccc(OC)c(C2C(C#N)=C(N)SC(N)=C2C#N)c1. The second-order valence-corrected chi connectivity index (χ2v) is 5.51. The number of rotatable bonds is 3. The highest BCUT2D eigenvalue weighted by molar-refractivity contribution is 8.06. The minimum atomic E-state index is -0.665. The zero-order valence-electron chi connectivity index (χ0n) is 12.1. The fourth-order valence-electron chi connectivity index (χ4n) is 2.27. The van der Waals surface area contributed by atoms with Crippen LogP contribution in [0.4, 0.5) is 0 Å². The van der Waals surface area contributed by atoms with Gasteiger partial charge < -0.3 is 20.9 Å². The number of ether oxygens (including phenoxy) is 2. The molecule has 112 valence electrons. The van der Waals surface area contributed by atoms with Crippen LogP contribution >= 0.6 is 11.8 Å². The van der Waals surface area contributed by atoms with Crippen LogP contribution in [0.2, 0.25) is 0 Å². The van der Waals surface area contributed by atoms with Crippen molar-refractivity contribution in [2.24, 2.45) is 11.5 Å². The molecule has 0 aliphatic carbocycles. The predicted molar refractivity (Wildman–Crippen MR) is 83.5 cm³/mol. The Balaban J connectivity index is 2.73. The Morgan fingerprint density at radius 3 is 2.09 bits per heavy atom. The zero-order valence-corrected chi connectivity index (χ0v) is 12.9. The molecule has 0 fully saturated rings. The van der Waals surface area contributed by atoms with Crippen LogP contribution in [0.3, 0.4) is 0 Å². The van der Waals surface area contributed by atoms with Gasteiger partial charge in [0.15, 0.2) is 0 Å². The van der Waals surface area contributed by atoms with Crippen molar-refractivity contribution < 1.29 is 9.47 Å². The number of hydrogen-bond donors (Lipinski definition) is 2. The van der Waals surface area contributed by atoms with Crippen LogP contribution in [0.1, 0.15) is 11.5 Å². The lowest BCUT2D eigenvalue weighted by Gasteiger charge is -2.25. The molecular formula is C15H14N4O2S. The summed E-state index contributed by atoms with van der Waals surface area (Å²) in [6, 6.07) is 9.31. The Bertz CT molecular complexity index is 720. The Hall–Kier alpha value is -2.77. The van der Waals surface area contributed by atoms with Gasteiger partial charge in [-0.25, -0.2) is 0 Å². The molecule has 0 unspecified atom stereocenters. The molecule has 1 heterocycles. The van der Waals surface area contributed by atoms with E-state index in [1.54, 1.807) is 18.2 Å². The maximum absolute atomic E-state index is 9.44. The van der Waals surface area contributed by atoms with Gasteiger partial charge in [-0.05, 0) is 18.2 Å². The van der Waals surface area contributed by atoms with Crippen LogP contribution in [-0.2, 0) is 0 Å². The van der Waals surface area contributed by atoms with Gasteiger partial charge in [0.1, 0.15) is 11.5 Å². The van der Waals surface area contributed by atoms with Crippen molar-refractivity contribution in [1.82, 2.24) is 0 Å². The number of nitrogens with zero attached hydrogens (tertiary/aromatic N) is 2. The summed E-state index contributed by atoms with van der Waals surface area (Å²) in [6.07, 6.45) is 0. The van der Waals surface area contributed by atoms with Gasteiger partial charge in [-0.3, -0.25) is 0 Å². The van der Waals surface area contributed by atoms with E-state index >= 15 is 0 Å². The van der Waals surface area contributed by atoms with E-state index in [1.807, 2.05) is 0 Å². The minimum Gasteiger partial charge on any atom is -0.497 e. The molecule has 0 spiro atoms. The van der Waals surface area contributed by atoms with Gasteiger partial charge >= 0.3 is 0 Å². The topological polar surface area (TPSA) is 118 Å². The quantitative estimate of drug-likeness (QED) is 0.874. The molecule has 22 heavy (non-hydrogen) atoms. The molecule has 0 amide bonds. The fraction of sp³-hybridized carbons (Fsp3) is 0.200. The number of hydrogen-bond acceptors (Lipinski definition) is 7. The van der Waals surface area contributed by atoms with E-state index in [0.29, 0.717) is 17.1 Å². The molecule has 0 aromatic heterocycles. The number of allylic oxidation sites excluding steroid dienone is 2. The number of nitriles is 2. The monoisotopic (exact) mass is 314 g/mol. The molecule has 7 heteroatoms. The lowest BCUT2D eigenvalue weighted by molar-refractivity contribution is 0.398. The molecule has 6 nitrogen and oxygen atoms in total. The standard InChI is InChI=1S/C15H14N4O2S/c1-20-8-3-4-12(21-2)9(5-8)13-10(6-16)14(18)22-15(19)11(13)7-17/h3-5,13H,18-19H2,1-2H3. The minimum absolute atomic E-state index is 0.280. The van der Waals surface area contributed by atoms with E-state index in [4.69, 9.17) is 20.9 Å². The first-order valence-corrected chi connectivity index (χ1v) is 7.08. The van der Waals surface area contributed by atoms with Crippen molar-refractivity contribution in [2.75, 3.05) is 14.2 Å². The van der Waals surface area contributed by atoms with E-state index in [1.165, 1.54) is 14.2 Å².